The summed E-state index contributed by atoms with van der Waals surface area (Å²) in [5.41, 5.74) is 0.429. The van der Waals surface area contributed by atoms with Crippen LogP contribution in [-0.2, 0) is 4.79 Å². The van der Waals surface area contributed by atoms with Gasteiger partial charge in [-0.3, -0.25) is 9.69 Å². The van der Waals surface area contributed by atoms with Crippen molar-refractivity contribution in [2.45, 2.75) is 25.1 Å². The van der Waals surface area contributed by atoms with Crippen LogP contribution in [0.5, 0.6) is 0 Å². The number of hydrogen-bond donors (Lipinski definition) is 2. The molecule has 2 rings (SSSR count). The molecule has 1 aromatic rings. The summed E-state index contributed by atoms with van der Waals surface area (Å²) in [6.45, 7) is 2.55. The Labute approximate surface area is 138 Å². The van der Waals surface area contributed by atoms with Gasteiger partial charge in [0.05, 0.1) is 5.92 Å². The van der Waals surface area contributed by atoms with Crippen LogP contribution in [0.2, 0.25) is 0 Å². The van der Waals surface area contributed by atoms with Gasteiger partial charge < -0.3 is 10.6 Å². The second-order valence-corrected chi connectivity index (χ2v) is 5.87. The molecule has 2 unspecified atom stereocenters. The van der Waals surface area contributed by atoms with Crippen LogP contribution >= 0.6 is 0 Å². The number of carbonyl (C=O) groups is 1. The van der Waals surface area contributed by atoms with Crippen molar-refractivity contribution in [3.8, 4) is 0 Å². The lowest BCUT2D eigenvalue weighted by Gasteiger charge is -2.36. The Kier molecular flexibility index (Phi) is 6.17. The van der Waals surface area contributed by atoms with Crippen LogP contribution in [0.4, 0.5) is 17.6 Å². The van der Waals surface area contributed by atoms with Crippen molar-refractivity contribution < 1.29 is 22.4 Å². The summed E-state index contributed by atoms with van der Waals surface area (Å²) >= 11 is 0. The summed E-state index contributed by atoms with van der Waals surface area (Å²) < 4.78 is 53.0. The normalized spacial score (nSPS) is 18.9. The number of hydrogen-bond acceptors (Lipinski definition) is 3. The number of carbonyl (C=O) groups excluding carboxylic acids is 1. The van der Waals surface area contributed by atoms with Gasteiger partial charge in [-0.15, -0.1) is 0 Å². The summed E-state index contributed by atoms with van der Waals surface area (Å²) in [5, 5.41) is 5.36. The third-order valence-electron chi connectivity index (χ3n) is 4.18. The van der Waals surface area contributed by atoms with Gasteiger partial charge in [0, 0.05) is 32.7 Å². The Hall–Kier alpha value is -1.67. The molecule has 0 bridgehead atoms. The first kappa shape index (κ1) is 18.7. The molecular weight excluding hydrogens is 326 g/mol. The molecule has 1 saturated heterocycles. The fourth-order valence-electron chi connectivity index (χ4n) is 2.72. The first-order valence-electron chi connectivity index (χ1n) is 7.83. The van der Waals surface area contributed by atoms with E-state index in [0.717, 1.165) is 0 Å². The van der Waals surface area contributed by atoms with Crippen molar-refractivity contribution in [2.24, 2.45) is 0 Å². The molecule has 0 aromatic heterocycles. The van der Waals surface area contributed by atoms with E-state index in [2.05, 4.69) is 10.6 Å². The number of alkyl halides is 3. The van der Waals surface area contributed by atoms with Gasteiger partial charge in [-0.2, -0.15) is 13.2 Å². The number of nitrogens with one attached hydrogen (secondary N) is 2. The maximum absolute atomic E-state index is 13.3. The zero-order chi connectivity index (χ0) is 17.7. The lowest BCUT2D eigenvalue weighted by molar-refractivity contribution is -0.184. The Morgan fingerprint density at radius 3 is 2.58 bits per heavy atom. The summed E-state index contributed by atoms with van der Waals surface area (Å²) in [6, 6.07) is 3.78. The van der Waals surface area contributed by atoms with Crippen LogP contribution in [0.3, 0.4) is 0 Å². The second kappa shape index (κ2) is 7.94. The van der Waals surface area contributed by atoms with Crippen molar-refractivity contribution in [3.63, 3.8) is 0 Å². The number of nitrogens with zero attached hydrogens (tertiary/aromatic N) is 1. The van der Waals surface area contributed by atoms with E-state index in [9.17, 15) is 22.4 Å². The number of rotatable bonds is 5. The molecule has 1 fully saturated rings. The molecular formula is C16H21F4N3O. The van der Waals surface area contributed by atoms with Crippen LogP contribution in [0, 0.1) is 5.82 Å². The Bertz CT molecular complexity index is 558. The molecule has 0 radical (unpaired) electrons. The third-order valence-corrected chi connectivity index (χ3v) is 4.18. The van der Waals surface area contributed by atoms with Gasteiger partial charge in [-0.25, -0.2) is 4.39 Å². The molecule has 2 atom stereocenters. The average molecular weight is 347 g/mol. The molecule has 24 heavy (non-hydrogen) atoms. The van der Waals surface area contributed by atoms with E-state index in [0.29, 0.717) is 18.7 Å². The fourth-order valence-corrected chi connectivity index (χ4v) is 2.72. The molecule has 0 saturated carbocycles. The van der Waals surface area contributed by atoms with Crippen LogP contribution in [0.25, 0.3) is 0 Å². The highest BCUT2D eigenvalue weighted by atomic mass is 19.4. The van der Waals surface area contributed by atoms with E-state index in [1.807, 2.05) is 0 Å². The maximum atomic E-state index is 13.3. The van der Waals surface area contributed by atoms with Gasteiger partial charge in [-0.1, -0.05) is 12.1 Å². The number of piperazine rings is 1. The zero-order valence-corrected chi connectivity index (χ0v) is 13.4. The second-order valence-electron chi connectivity index (χ2n) is 5.87. The molecule has 134 valence electrons. The Morgan fingerprint density at radius 2 is 2.00 bits per heavy atom. The molecule has 4 nitrogen and oxygen atoms in total. The van der Waals surface area contributed by atoms with Gasteiger partial charge in [0.2, 0.25) is 5.91 Å². The molecule has 2 N–H and O–H groups in total. The summed E-state index contributed by atoms with van der Waals surface area (Å²) in [5.74, 6) is -1.76. The van der Waals surface area contributed by atoms with Gasteiger partial charge >= 0.3 is 6.18 Å². The minimum absolute atomic E-state index is 0.277. The molecule has 1 heterocycles. The summed E-state index contributed by atoms with van der Waals surface area (Å²) in [7, 11) is 0. The summed E-state index contributed by atoms with van der Waals surface area (Å²) in [6.07, 6.45) is -4.42. The van der Waals surface area contributed by atoms with E-state index in [4.69, 9.17) is 0 Å². The number of benzene rings is 1. The lowest BCUT2D eigenvalue weighted by Crippen LogP contribution is -2.57. The molecule has 1 aliphatic rings. The average Bonchev–Trinajstić information content (AvgIpc) is 2.54. The number of amides is 1. The van der Waals surface area contributed by atoms with Crippen molar-refractivity contribution >= 4 is 5.91 Å². The van der Waals surface area contributed by atoms with Crippen LogP contribution in [0.15, 0.2) is 24.3 Å². The highest BCUT2D eigenvalue weighted by Crippen LogP contribution is 2.25. The van der Waals surface area contributed by atoms with E-state index >= 15 is 0 Å². The quantitative estimate of drug-likeness (QED) is 0.800. The van der Waals surface area contributed by atoms with Gasteiger partial charge in [-0.05, 0) is 24.6 Å². The van der Waals surface area contributed by atoms with Gasteiger partial charge in [0.25, 0.3) is 0 Å². The van der Waals surface area contributed by atoms with Gasteiger partial charge in [0.1, 0.15) is 11.9 Å². The molecule has 1 aliphatic heterocycles. The van der Waals surface area contributed by atoms with E-state index in [1.54, 1.807) is 6.07 Å². The highest BCUT2D eigenvalue weighted by molar-refractivity contribution is 5.83. The smallest absolute Gasteiger partial charge is 0.354 e. The van der Waals surface area contributed by atoms with Crippen molar-refractivity contribution in [1.29, 1.82) is 0 Å². The van der Waals surface area contributed by atoms with E-state index in [-0.39, 0.29) is 13.1 Å². The van der Waals surface area contributed by atoms with E-state index < -0.39 is 36.4 Å². The molecule has 8 heteroatoms. The maximum Gasteiger partial charge on any atom is 0.405 e. The minimum atomic E-state index is -4.42. The largest absolute Gasteiger partial charge is 0.405 e. The highest BCUT2D eigenvalue weighted by Gasteiger charge is 2.43. The molecule has 1 amide bonds. The van der Waals surface area contributed by atoms with E-state index in [1.165, 1.54) is 30.0 Å². The standard InChI is InChI=1S/C16H21F4N3O/c1-11(12-3-2-4-13(17)9-12)15(24)22-10-14(16(18,19)20)23-7-5-21-6-8-23/h2-4,9,11,14,21H,5-8,10H2,1H3,(H,22,24). The zero-order valence-electron chi connectivity index (χ0n) is 13.4. The first-order chi connectivity index (χ1) is 11.3. The molecule has 0 spiro atoms. The minimum Gasteiger partial charge on any atom is -0.354 e. The Balaban J connectivity index is 1.98. The van der Waals surface area contributed by atoms with Crippen molar-refractivity contribution in [3.05, 3.63) is 35.6 Å². The van der Waals surface area contributed by atoms with Crippen molar-refractivity contribution in [2.75, 3.05) is 32.7 Å². The summed E-state index contributed by atoms with van der Waals surface area (Å²) in [4.78, 5) is 13.5. The Morgan fingerprint density at radius 1 is 1.33 bits per heavy atom. The van der Waals surface area contributed by atoms with Crippen LogP contribution in [-0.4, -0.2) is 55.7 Å². The SMILES string of the molecule is CC(C(=O)NCC(N1CCNCC1)C(F)(F)F)c1cccc(F)c1. The van der Waals surface area contributed by atoms with Crippen molar-refractivity contribution in [1.82, 2.24) is 15.5 Å². The fraction of sp³-hybridized carbons (Fsp3) is 0.562. The topological polar surface area (TPSA) is 44.4 Å². The van der Waals surface area contributed by atoms with Gasteiger partial charge in [0.15, 0.2) is 0 Å². The predicted octanol–water partition coefficient (Wildman–Crippen LogP) is 1.88. The lowest BCUT2D eigenvalue weighted by atomic mass is 10.00. The first-order valence-corrected chi connectivity index (χ1v) is 7.83. The third kappa shape index (κ3) is 4.91. The predicted molar refractivity (Wildman–Crippen MR) is 82.1 cm³/mol. The molecule has 0 aliphatic carbocycles. The molecule has 1 aromatic carbocycles. The van der Waals surface area contributed by atoms with Crippen LogP contribution in [0.1, 0.15) is 18.4 Å². The monoisotopic (exact) mass is 347 g/mol. The number of halogens is 4. The van der Waals surface area contributed by atoms with Crippen LogP contribution < -0.4 is 10.6 Å².